The van der Waals surface area contributed by atoms with Crippen LogP contribution in [0, 0.1) is 6.92 Å². The van der Waals surface area contributed by atoms with E-state index in [1.54, 1.807) is 11.3 Å². The number of nitrogens with one attached hydrogen (secondary N) is 1. The molecule has 2 aromatic heterocycles. The summed E-state index contributed by atoms with van der Waals surface area (Å²) in [4.78, 5) is 4.72. The van der Waals surface area contributed by atoms with Crippen molar-refractivity contribution in [3.8, 4) is 10.6 Å². The molecular weight excluding hydrogens is 228 g/mol. The molecule has 0 aliphatic carbocycles. The van der Waals surface area contributed by atoms with Gasteiger partial charge in [0.05, 0.1) is 10.6 Å². The molecule has 1 aromatic carbocycles. The van der Waals surface area contributed by atoms with Gasteiger partial charge in [0.15, 0.2) is 0 Å². The van der Waals surface area contributed by atoms with Crippen LogP contribution in [0.1, 0.15) is 11.1 Å². The molecule has 0 saturated carbocycles. The van der Waals surface area contributed by atoms with Crippen molar-refractivity contribution in [2.45, 2.75) is 13.5 Å². The van der Waals surface area contributed by atoms with Crippen LogP contribution in [0.15, 0.2) is 35.7 Å². The van der Waals surface area contributed by atoms with Crippen molar-refractivity contribution in [3.63, 3.8) is 0 Å². The highest BCUT2D eigenvalue weighted by Crippen LogP contribution is 2.32. The third-order valence-corrected chi connectivity index (χ3v) is 4.08. The van der Waals surface area contributed by atoms with Crippen LogP contribution >= 0.6 is 11.3 Å². The number of nitrogens with two attached hydrogens (primary N) is 1. The number of hydrogen-bond acceptors (Lipinski definition) is 2. The minimum absolute atomic E-state index is 0.590. The van der Waals surface area contributed by atoms with E-state index in [0.29, 0.717) is 6.54 Å². The smallest absolute Gasteiger partial charge is 0.0569 e. The van der Waals surface area contributed by atoms with E-state index < -0.39 is 0 Å². The van der Waals surface area contributed by atoms with Crippen LogP contribution < -0.4 is 5.73 Å². The average molecular weight is 242 g/mol. The Hall–Kier alpha value is -1.58. The predicted molar refractivity (Wildman–Crippen MR) is 74.2 cm³/mol. The van der Waals surface area contributed by atoms with Crippen LogP contribution in [0.25, 0.3) is 21.5 Å². The van der Waals surface area contributed by atoms with Crippen molar-refractivity contribution in [2.24, 2.45) is 5.73 Å². The van der Waals surface area contributed by atoms with Crippen LogP contribution in [-0.2, 0) is 6.54 Å². The fraction of sp³-hybridized carbons (Fsp3) is 0.143. The number of hydrogen-bond donors (Lipinski definition) is 2. The molecule has 17 heavy (non-hydrogen) atoms. The topological polar surface area (TPSA) is 41.8 Å². The number of thiophene rings is 1. The molecule has 0 aliphatic rings. The van der Waals surface area contributed by atoms with Gasteiger partial charge in [0.1, 0.15) is 0 Å². The van der Waals surface area contributed by atoms with E-state index >= 15 is 0 Å². The normalized spacial score (nSPS) is 11.2. The van der Waals surface area contributed by atoms with Crippen LogP contribution in [0.2, 0.25) is 0 Å². The molecule has 0 fully saturated rings. The van der Waals surface area contributed by atoms with Crippen molar-refractivity contribution < 1.29 is 0 Å². The molecule has 2 heterocycles. The Kier molecular flexibility index (Phi) is 2.50. The molecule has 3 N–H and O–H groups in total. The lowest BCUT2D eigenvalue weighted by Crippen LogP contribution is -1.95. The molecule has 0 amide bonds. The predicted octanol–water partition coefficient (Wildman–Crippen LogP) is 3.66. The maximum atomic E-state index is 5.75. The van der Waals surface area contributed by atoms with Gasteiger partial charge in [-0.25, -0.2) is 0 Å². The van der Waals surface area contributed by atoms with Gasteiger partial charge in [0, 0.05) is 17.4 Å². The number of rotatable bonds is 2. The summed E-state index contributed by atoms with van der Waals surface area (Å²) in [6.07, 6.45) is 0. The third-order valence-electron chi connectivity index (χ3n) is 3.09. The second-order valence-electron chi connectivity index (χ2n) is 4.20. The zero-order valence-electron chi connectivity index (χ0n) is 9.66. The average Bonchev–Trinajstić information content (AvgIpc) is 2.94. The Morgan fingerprint density at radius 1 is 1.29 bits per heavy atom. The molecule has 0 aliphatic heterocycles. The monoisotopic (exact) mass is 242 g/mol. The van der Waals surface area contributed by atoms with Gasteiger partial charge in [-0.15, -0.1) is 11.3 Å². The number of fused-ring (bicyclic) bond motifs is 1. The van der Waals surface area contributed by atoms with Crippen molar-refractivity contribution in [1.82, 2.24) is 4.98 Å². The van der Waals surface area contributed by atoms with Gasteiger partial charge in [0.2, 0.25) is 0 Å². The quantitative estimate of drug-likeness (QED) is 0.707. The van der Waals surface area contributed by atoms with Crippen molar-refractivity contribution in [2.75, 3.05) is 0 Å². The maximum absolute atomic E-state index is 5.75. The van der Waals surface area contributed by atoms with Gasteiger partial charge < -0.3 is 10.7 Å². The summed E-state index contributed by atoms with van der Waals surface area (Å²) < 4.78 is 0. The van der Waals surface area contributed by atoms with Crippen molar-refractivity contribution in [1.29, 1.82) is 0 Å². The van der Waals surface area contributed by atoms with Gasteiger partial charge in [-0.3, -0.25) is 0 Å². The zero-order valence-corrected chi connectivity index (χ0v) is 10.5. The molecule has 0 atom stereocenters. The molecular formula is C14H14N2S. The SMILES string of the molecule is Cc1cccc2[nH]c(-c3sccc3CN)cc12. The van der Waals surface area contributed by atoms with E-state index in [4.69, 9.17) is 5.73 Å². The zero-order chi connectivity index (χ0) is 11.8. The highest BCUT2D eigenvalue weighted by atomic mass is 32.1. The molecule has 3 rings (SSSR count). The maximum Gasteiger partial charge on any atom is 0.0569 e. The molecule has 3 aromatic rings. The summed E-state index contributed by atoms with van der Waals surface area (Å²) in [6.45, 7) is 2.73. The summed E-state index contributed by atoms with van der Waals surface area (Å²) in [5.74, 6) is 0. The first-order chi connectivity index (χ1) is 8.29. The van der Waals surface area contributed by atoms with Gasteiger partial charge in [0.25, 0.3) is 0 Å². The Balaban J connectivity index is 2.22. The second-order valence-corrected chi connectivity index (χ2v) is 5.11. The Morgan fingerprint density at radius 2 is 2.18 bits per heavy atom. The standard InChI is InChI=1S/C14H14N2S/c1-9-3-2-4-12-11(9)7-13(16-12)14-10(8-15)5-6-17-14/h2-7,16H,8,15H2,1H3. The molecule has 0 unspecified atom stereocenters. The van der Waals surface area contributed by atoms with Crippen LogP contribution in [0.3, 0.4) is 0 Å². The van der Waals surface area contributed by atoms with Crippen LogP contribution in [0.4, 0.5) is 0 Å². The first-order valence-corrected chi connectivity index (χ1v) is 6.52. The lowest BCUT2D eigenvalue weighted by Gasteiger charge is -1.97. The Labute approximate surface area is 104 Å². The van der Waals surface area contributed by atoms with E-state index in [-0.39, 0.29) is 0 Å². The molecule has 0 bridgehead atoms. The van der Waals surface area contributed by atoms with Gasteiger partial charge in [-0.1, -0.05) is 12.1 Å². The Bertz CT molecular complexity index is 664. The molecule has 0 saturated heterocycles. The highest BCUT2D eigenvalue weighted by Gasteiger charge is 2.09. The van der Waals surface area contributed by atoms with Gasteiger partial charge >= 0.3 is 0 Å². The van der Waals surface area contributed by atoms with E-state index in [9.17, 15) is 0 Å². The van der Waals surface area contributed by atoms with Crippen LogP contribution in [0.5, 0.6) is 0 Å². The first kappa shape index (κ1) is 10.6. The number of benzene rings is 1. The highest BCUT2D eigenvalue weighted by molar-refractivity contribution is 7.13. The van der Waals surface area contributed by atoms with E-state index in [1.807, 2.05) is 0 Å². The third kappa shape index (κ3) is 1.68. The fourth-order valence-electron chi connectivity index (χ4n) is 2.16. The largest absolute Gasteiger partial charge is 0.354 e. The fourth-order valence-corrected chi connectivity index (χ4v) is 3.07. The lowest BCUT2D eigenvalue weighted by molar-refractivity contribution is 1.08. The van der Waals surface area contributed by atoms with E-state index in [1.165, 1.54) is 32.6 Å². The lowest BCUT2D eigenvalue weighted by atomic mass is 10.1. The van der Waals surface area contributed by atoms with Crippen LogP contribution in [-0.4, -0.2) is 4.98 Å². The molecule has 3 heteroatoms. The molecule has 0 radical (unpaired) electrons. The summed E-state index contributed by atoms with van der Waals surface area (Å²) >= 11 is 1.74. The number of aryl methyl sites for hydroxylation is 1. The van der Waals surface area contributed by atoms with E-state index in [2.05, 4.69) is 47.6 Å². The minimum atomic E-state index is 0.590. The van der Waals surface area contributed by atoms with Gasteiger partial charge in [-0.2, -0.15) is 0 Å². The minimum Gasteiger partial charge on any atom is -0.354 e. The first-order valence-electron chi connectivity index (χ1n) is 5.65. The van der Waals surface area contributed by atoms with Crippen molar-refractivity contribution >= 4 is 22.2 Å². The number of H-pyrrole nitrogens is 1. The summed E-state index contributed by atoms with van der Waals surface area (Å²) in [5, 5.41) is 3.38. The summed E-state index contributed by atoms with van der Waals surface area (Å²) in [7, 11) is 0. The second kappa shape index (κ2) is 4.02. The van der Waals surface area contributed by atoms with Crippen molar-refractivity contribution in [3.05, 3.63) is 46.8 Å². The molecule has 0 spiro atoms. The molecule has 86 valence electrons. The number of aromatic amines is 1. The van der Waals surface area contributed by atoms with E-state index in [0.717, 1.165) is 0 Å². The summed E-state index contributed by atoms with van der Waals surface area (Å²) in [5.41, 5.74) is 10.6. The summed E-state index contributed by atoms with van der Waals surface area (Å²) in [6, 6.07) is 10.6. The van der Waals surface area contributed by atoms with Gasteiger partial charge in [-0.05, 0) is 41.6 Å². The molecule has 2 nitrogen and oxygen atoms in total. The Morgan fingerprint density at radius 3 is 2.94 bits per heavy atom. The number of aromatic nitrogens is 1.